The zero-order valence-corrected chi connectivity index (χ0v) is 26.6. The first-order valence-corrected chi connectivity index (χ1v) is 10.3. The molecule has 0 spiro atoms. The predicted molar refractivity (Wildman–Crippen MR) is 132 cm³/mol. The normalized spacial score (nSPS) is 11.2. The van der Waals surface area contributed by atoms with Crippen LogP contribution in [0.2, 0.25) is 0 Å². The molecule has 0 atom stereocenters. The van der Waals surface area contributed by atoms with Crippen molar-refractivity contribution in [3.8, 4) is 0 Å². The summed E-state index contributed by atoms with van der Waals surface area (Å²) in [5, 5.41) is 51.1. The van der Waals surface area contributed by atoms with Crippen molar-refractivity contribution in [3.05, 3.63) is 0 Å². The van der Waals surface area contributed by atoms with Crippen LogP contribution in [0.15, 0.2) is 0 Å². The van der Waals surface area contributed by atoms with Gasteiger partial charge in [0.25, 0.3) is 0 Å². The maximum atomic E-state index is 8.52. The summed E-state index contributed by atoms with van der Waals surface area (Å²) >= 11 is 0. The minimum atomic E-state index is -0.500. The summed E-state index contributed by atoms with van der Waals surface area (Å²) in [5.74, 6) is 0. The summed E-state index contributed by atoms with van der Waals surface area (Å²) in [5.41, 5.74) is -3.00. The number of hydrogen-bond acceptors (Lipinski definition) is 6. The summed E-state index contributed by atoms with van der Waals surface area (Å²) in [4.78, 5) is 0. The Morgan fingerprint density at radius 2 is 0.219 bits per heavy atom. The molecule has 208 valence electrons. The number of aliphatic hydroxyl groups is 6. The minimum absolute atomic E-state index is 0. The summed E-state index contributed by atoms with van der Waals surface area (Å²) in [6, 6.07) is 0. The third-order valence-corrected chi connectivity index (χ3v) is 0. The molecule has 0 unspecified atom stereocenters. The quantitative estimate of drug-likeness (QED) is 0.242. The van der Waals surface area contributed by atoms with E-state index in [4.69, 9.17) is 30.6 Å². The third-order valence-electron chi connectivity index (χ3n) is 0. The molecule has 0 radical (unpaired) electrons. The first kappa shape index (κ1) is 53.9. The molecule has 8 heteroatoms. The molecule has 0 amide bonds. The average Bonchev–Trinajstić information content (AvgIpc) is 1.94. The third kappa shape index (κ3) is 42800. The van der Waals surface area contributed by atoms with E-state index in [1.165, 1.54) is 0 Å². The molecule has 0 aliphatic carbocycles. The van der Waals surface area contributed by atoms with Gasteiger partial charge in [0.1, 0.15) is 0 Å². The Balaban J connectivity index is -0.0000000356. The molecular weight excluding hydrogens is 496 g/mol. The van der Waals surface area contributed by atoms with Gasteiger partial charge in [-0.3, -0.25) is 0 Å². The fourth-order valence-corrected chi connectivity index (χ4v) is 0. The fourth-order valence-electron chi connectivity index (χ4n) is 0. The van der Waals surface area contributed by atoms with Crippen LogP contribution in [0.3, 0.4) is 0 Å². The van der Waals surface area contributed by atoms with Crippen LogP contribution in [0, 0.1) is 0 Å². The van der Waals surface area contributed by atoms with Crippen molar-refractivity contribution in [1.82, 2.24) is 0 Å². The fraction of sp³-hybridized carbons (Fsp3) is 1.00. The molecule has 0 heterocycles. The second kappa shape index (κ2) is 22.3. The van der Waals surface area contributed by atoms with Gasteiger partial charge in [0.15, 0.2) is 0 Å². The molecule has 6 N–H and O–H groups in total. The van der Waals surface area contributed by atoms with Crippen LogP contribution in [-0.4, -0.2) is 64.2 Å². The maximum Gasteiger partial charge on any atom is 0.0563 e. The molecule has 0 aromatic carbocycles. The summed E-state index contributed by atoms with van der Waals surface area (Å²) in [6.07, 6.45) is 0. The Morgan fingerprint density at radius 3 is 0.219 bits per heavy atom. The zero-order chi connectivity index (χ0) is 27.0. The average molecular weight is 556 g/mol. The molecule has 0 rings (SSSR count). The Morgan fingerprint density at radius 1 is 0.219 bits per heavy atom. The van der Waals surface area contributed by atoms with Gasteiger partial charge in [0.2, 0.25) is 0 Å². The molecular formula is C24H60Fe2O6. The Bertz CT molecular complexity index is 219. The van der Waals surface area contributed by atoms with E-state index in [-0.39, 0.29) is 34.1 Å². The van der Waals surface area contributed by atoms with Crippen molar-refractivity contribution in [2.75, 3.05) is 0 Å². The predicted octanol–water partition coefficient (Wildman–Crippen LogP) is 4.66. The van der Waals surface area contributed by atoms with Crippen molar-refractivity contribution in [2.45, 2.75) is 158 Å². The monoisotopic (exact) mass is 556 g/mol. The molecule has 32 heavy (non-hydrogen) atoms. The minimum Gasteiger partial charge on any atom is -0.391 e. The van der Waals surface area contributed by atoms with E-state index < -0.39 is 33.6 Å². The SMILES string of the molecule is CC(C)(C)O.CC(C)(C)O.CC(C)(C)O.CC(C)(C)O.CC(C)(C)O.CC(C)(C)O.[Fe].[Fe]. The van der Waals surface area contributed by atoms with E-state index in [9.17, 15) is 0 Å². The molecule has 0 bridgehead atoms. The van der Waals surface area contributed by atoms with Crippen molar-refractivity contribution in [3.63, 3.8) is 0 Å². The standard InChI is InChI=1S/6C4H10O.2Fe/c6*1-4(2,3)5;;/h6*5H,1-3H3;;. The van der Waals surface area contributed by atoms with Gasteiger partial charge in [-0.05, 0) is 125 Å². The number of rotatable bonds is 0. The second-order valence-corrected chi connectivity index (χ2v) is 13.0. The molecule has 0 aliphatic rings. The van der Waals surface area contributed by atoms with Gasteiger partial charge in [0, 0.05) is 34.1 Å². The van der Waals surface area contributed by atoms with Crippen molar-refractivity contribution in [2.24, 2.45) is 0 Å². The van der Waals surface area contributed by atoms with Gasteiger partial charge >= 0.3 is 0 Å². The van der Waals surface area contributed by atoms with Gasteiger partial charge in [-0.25, -0.2) is 0 Å². The molecule has 6 nitrogen and oxygen atoms in total. The molecule has 0 aliphatic heterocycles. The largest absolute Gasteiger partial charge is 0.391 e. The molecule has 0 saturated carbocycles. The van der Waals surface area contributed by atoms with Gasteiger partial charge in [0.05, 0.1) is 33.6 Å². The van der Waals surface area contributed by atoms with E-state index in [0.717, 1.165) is 0 Å². The van der Waals surface area contributed by atoms with Gasteiger partial charge in [-0.2, -0.15) is 0 Å². The van der Waals surface area contributed by atoms with E-state index in [1.54, 1.807) is 125 Å². The Labute approximate surface area is 222 Å². The van der Waals surface area contributed by atoms with Crippen molar-refractivity contribution < 1.29 is 64.8 Å². The van der Waals surface area contributed by atoms with Gasteiger partial charge in [-0.15, -0.1) is 0 Å². The Kier molecular flexibility index (Phi) is 37.5. The van der Waals surface area contributed by atoms with E-state index >= 15 is 0 Å². The van der Waals surface area contributed by atoms with E-state index in [0.29, 0.717) is 0 Å². The van der Waals surface area contributed by atoms with Crippen LogP contribution in [0.5, 0.6) is 0 Å². The molecule has 0 fully saturated rings. The second-order valence-electron chi connectivity index (χ2n) is 13.0. The summed E-state index contributed by atoms with van der Waals surface area (Å²) < 4.78 is 0. The first-order chi connectivity index (χ1) is 12.0. The topological polar surface area (TPSA) is 121 Å². The van der Waals surface area contributed by atoms with Crippen LogP contribution < -0.4 is 0 Å². The molecule has 0 aromatic rings. The van der Waals surface area contributed by atoms with Crippen molar-refractivity contribution >= 4 is 0 Å². The van der Waals surface area contributed by atoms with Gasteiger partial charge < -0.3 is 30.6 Å². The zero-order valence-electron chi connectivity index (χ0n) is 24.4. The maximum absolute atomic E-state index is 8.52. The van der Waals surface area contributed by atoms with E-state index in [2.05, 4.69) is 0 Å². The number of hydrogen-bond donors (Lipinski definition) is 6. The Hall–Kier alpha value is 0.799. The van der Waals surface area contributed by atoms with Gasteiger partial charge in [-0.1, -0.05) is 0 Å². The summed E-state index contributed by atoms with van der Waals surface area (Å²) in [6.45, 7) is 31.4. The van der Waals surface area contributed by atoms with Crippen LogP contribution in [0.4, 0.5) is 0 Å². The van der Waals surface area contributed by atoms with E-state index in [1.807, 2.05) is 0 Å². The smallest absolute Gasteiger partial charge is 0.0563 e. The van der Waals surface area contributed by atoms with Crippen LogP contribution in [0.25, 0.3) is 0 Å². The van der Waals surface area contributed by atoms with Crippen LogP contribution in [0.1, 0.15) is 125 Å². The van der Waals surface area contributed by atoms with Crippen LogP contribution >= 0.6 is 0 Å². The molecule has 0 saturated heterocycles. The summed E-state index contributed by atoms with van der Waals surface area (Å²) in [7, 11) is 0. The molecule has 0 aromatic heterocycles. The first-order valence-electron chi connectivity index (χ1n) is 10.3. The van der Waals surface area contributed by atoms with Crippen LogP contribution in [-0.2, 0) is 34.1 Å². The van der Waals surface area contributed by atoms with Crippen molar-refractivity contribution in [1.29, 1.82) is 0 Å².